The molecule has 0 radical (unpaired) electrons. The van der Waals surface area contributed by atoms with Crippen LogP contribution in [0, 0.1) is 0 Å². The van der Waals surface area contributed by atoms with Gasteiger partial charge in [-0.1, -0.05) is 60.7 Å². The minimum absolute atomic E-state index is 0. The molecule has 0 bridgehead atoms. The Labute approximate surface area is 140 Å². The Hall–Kier alpha value is -1.17. The predicted molar refractivity (Wildman–Crippen MR) is 79.1 cm³/mol. The summed E-state index contributed by atoms with van der Waals surface area (Å²) < 4.78 is 5.37. The predicted octanol–water partition coefficient (Wildman–Crippen LogP) is 1.19. The Morgan fingerprint density at radius 3 is 1.55 bits per heavy atom. The fourth-order valence-electron chi connectivity index (χ4n) is 2.08. The molecule has 0 aromatic heterocycles. The van der Waals surface area contributed by atoms with E-state index in [1.165, 1.54) is 7.11 Å². The standard InChI is InChI=1S/C15H14O3.Na.H2O.H/c1-18-15(14(16)17,12-8-4-2-5-9-12)13-10-6-3-7-11-13;;;/h2-11H,1H3,(H,16,17);;1H2;. The maximum atomic E-state index is 11.7. The molecule has 0 heterocycles. The number of carbonyl (C=O) groups is 1. The molecule has 5 heteroatoms. The van der Waals surface area contributed by atoms with Gasteiger partial charge in [-0.2, -0.15) is 0 Å². The van der Waals surface area contributed by atoms with Gasteiger partial charge in [-0.05, 0) is 11.1 Å². The number of carboxylic acid groups (broad SMARTS) is 1. The molecule has 0 amide bonds. The normalized spacial score (nSPS) is 10.1. The van der Waals surface area contributed by atoms with Crippen molar-refractivity contribution in [1.29, 1.82) is 0 Å². The van der Waals surface area contributed by atoms with Crippen LogP contribution in [-0.4, -0.2) is 53.2 Å². The third-order valence-electron chi connectivity index (χ3n) is 2.97. The summed E-state index contributed by atoms with van der Waals surface area (Å²) in [6, 6.07) is 17.9. The second kappa shape index (κ2) is 8.19. The van der Waals surface area contributed by atoms with Crippen LogP contribution in [0.2, 0.25) is 0 Å². The van der Waals surface area contributed by atoms with E-state index in [-0.39, 0.29) is 35.0 Å². The third-order valence-corrected chi connectivity index (χ3v) is 2.97. The Balaban J connectivity index is 0.00000180. The van der Waals surface area contributed by atoms with Crippen LogP contribution in [0.5, 0.6) is 0 Å². The average molecular weight is 284 g/mol. The SMILES string of the molecule is COC(C(=O)O)(c1ccccc1)c1ccccc1.O.[NaH]. The zero-order valence-corrected chi connectivity index (χ0v) is 10.5. The molecule has 20 heavy (non-hydrogen) atoms. The number of rotatable bonds is 4. The van der Waals surface area contributed by atoms with Crippen LogP contribution >= 0.6 is 0 Å². The fraction of sp³-hybridized carbons (Fsp3) is 0.133. The topological polar surface area (TPSA) is 78.0 Å². The maximum absolute atomic E-state index is 11.7. The number of ether oxygens (including phenoxy) is 1. The van der Waals surface area contributed by atoms with Gasteiger partial charge in [0.2, 0.25) is 5.60 Å². The minimum atomic E-state index is -1.46. The summed E-state index contributed by atoms with van der Waals surface area (Å²) in [6.45, 7) is 0. The molecule has 0 fully saturated rings. The van der Waals surface area contributed by atoms with Gasteiger partial charge in [0.1, 0.15) is 0 Å². The first-order chi connectivity index (χ1) is 8.71. The Morgan fingerprint density at radius 2 is 1.30 bits per heavy atom. The molecule has 0 aliphatic heterocycles. The molecule has 0 aliphatic rings. The Kier molecular flexibility index (Phi) is 7.71. The summed E-state index contributed by atoms with van der Waals surface area (Å²) in [7, 11) is 1.41. The summed E-state index contributed by atoms with van der Waals surface area (Å²) in [5, 5.41) is 9.61. The Morgan fingerprint density at radius 1 is 0.950 bits per heavy atom. The van der Waals surface area contributed by atoms with Gasteiger partial charge >= 0.3 is 35.5 Å². The number of hydrogen-bond donors (Lipinski definition) is 1. The molecule has 2 aromatic carbocycles. The average Bonchev–Trinajstić information content (AvgIpc) is 2.42. The molecule has 3 N–H and O–H groups in total. The van der Waals surface area contributed by atoms with Gasteiger partial charge < -0.3 is 15.3 Å². The van der Waals surface area contributed by atoms with E-state index >= 15 is 0 Å². The van der Waals surface area contributed by atoms with Crippen LogP contribution in [0.1, 0.15) is 11.1 Å². The second-order valence-electron chi connectivity index (χ2n) is 3.92. The monoisotopic (exact) mass is 284 g/mol. The summed E-state index contributed by atoms with van der Waals surface area (Å²) in [5.41, 5.74) is -0.250. The first-order valence-corrected chi connectivity index (χ1v) is 5.61. The summed E-state index contributed by atoms with van der Waals surface area (Å²) in [5.74, 6) is -1.03. The van der Waals surface area contributed by atoms with E-state index in [0.29, 0.717) is 11.1 Å². The van der Waals surface area contributed by atoms with Crippen LogP contribution in [0.15, 0.2) is 60.7 Å². The number of methoxy groups -OCH3 is 1. The van der Waals surface area contributed by atoms with E-state index in [9.17, 15) is 9.90 Å². The second-order valence-corrected chi connectivity index (χ2v) is 3.92. The molecule has 0 saturated heterocycles. The molecule has 0 unspecified atom stereocenters. The summed E-state index contributed by atoms with van der Waals surface area (Å²) in [4.78, 5) is 11.7. The van der Waals surface area contributed by atoms with Crippen molar-refractivity contribution in [3.05, 3.63) is 71.8 Å². The van der Waals surface area contributed by atoms with Crippen molar-refractivity contribution >= 4 is 35.5 Å². The van der Waals surface area contributed by atoms with E-state index < -0.39 is 11.6 Å². The first kappa shape index (κ1) is 18.8. The molecule has 0 spiro atoms. The fourth-order valence-corrected chi connectivity index (χ4v) is 2.08. The number of hydrogen-bond acceptors (Lipinski definition) is 2. The molecule has 4 nitrogen and oxygen atoms in total. The van der Waals surface area contributed by atoms with Crippen molar-refractivity contribution in [2.45, 2.75) is 5.60 Å². The molecule has 2 aromatic rings. The van der Waals surface area contributed by atoms with E-state index in [0.717, 1.165) is 0 Å². The van der Waals surface area contributed by atoms with E-state index in [1.807, 2.05) is 12.1 Å². The Bertz CT molecular complexity index is 489. The van der Waals surface area contributed by atoms with Crippen molar-refractivity contribution < 1.29 is 20.1 Å². The van der Waals surface area contributed by atoms with Gasteiger partial charge in [0, 0.05) is 7.11 Å². The number of aliphatic carboxylic acids is 1. The molecule has 0 aliphatic carbocycles. The van der Waals surface area contributed by atoms with Crippen molar-refractivity contribution in [3.63, 3.8) is 0 Å². The van der Waals surface area contributed by atoms with Gasteiger partial charge in [0.15, 0.2) is 0 Å². The third kappa shape index (κ3) is 3.29. The van der Waals surface area contributed by atoms with E-state index in [2.05, 4.69) is 0 Å². The first-order valence-electron chi connectivity index (χ1n) is 5.61. The van der Waals surface area contributed by atoms with Crippen LogP contribution in [0.4, 0.5) is 0 Å². The van der Waals surface area contributed by atoms with Gasteiger partial charge in [0.25, 0.3) is 0 Å². The molecule has 0 atom stereocenters. The van der Waals surface area contributed by atoms with E-state index in [1.54, 1.807) is 48.5 Å². The summed E-state index contributed by atoms with van der Waals surface area (Å²) >= 11 is 0. The van der Waals surface area contributed by atoms with Crippen LogP contribution in [0.3, 0.4) is 0 Å². The molecule has 2 rings (SSSR count). The van der Waals surface area contributed by atoms with Gasteiger partial charge in [-0.25, -0.2) is 4.79 Å². The van der Waals surface area contributed by atoms with Crippen LogP contribution < -0.4 is 0 Å². The van der Waals surface area contributed by atoms with Crippen LogP contribution in [0.25, 0.3) is 0 Å². The summed E-state index contributed by atoms with van der Waals surface area (Å²) in [6.07, 6.45) is 0. The van der Waals surface area contributed by atoms with Crippen molar-refractivity contribution in [3.8, 4) is 0 Å². The van der Waals surface area contributed by atoms with E-state index in [4.69, 9.17) is 4.74 Å². The molecule has 102 valence electrons. The van der Waals surface area contributed by atoms with Crippen molar-refractivity contribution in [2.24, 2.45) is 0 Å². The molecular formula is C15H17NaO4. The molecular weight excluding hydrogens is 267 g/mol. The zero-order valence-electron chi connectivity index (χ0n) is 10.5. The van der Waals surface area contributed by atoms with Crippen molar-refractivity contribution in [1.82, 2.24) is 0 Å². The van der Waals surface area contributed by atoms with Crippen LogP contribution in [-0.2, 0) is 15.1 Å². The van der Waals surface area contributed by atoms with Gasteiger partial charge in [0.05, 0.1) is 0 Å². The van der Waals surface area contributed by atoms with Gasteiger partial charge in [-0.3, -0.25) is 0 Å². The number of benzene rings is 2. The quantitative estimate of drug-likeness (QED) is 0.857. The van der Waals surface area contributed by atoms with Crippen molar-refractivity contribution in [2.75, 3.05) is 7.11 Å². The zero-order chi connectivity index (χ0) is 13.0. The van der Waals surface area contributed by atoms with Gasteiger partial charge in [-0.15, -0.1) is 0 Å². The molecule has 0 saturated carbocycles. The number of carboxylic acids is 1.